The van der Waals surface area contributed by atoms with Crippen molar-refractivity contribution in [1.82, 2.24) is 15.0 Å². The van der Waals surface area contributed by atoms with Crippen molar-refractivity contribution in [2.24, 2.45) is 0 Å². The summed E-state index contributed by atoms with van der Waals surface area (Å²) in [7, 11) is -4.21. The second-order valence-electron chi connectivity index (χ2n) is 9.15. The molecule has 1 aromatic heterocycles. The number of carbonyl (C=O) groups excluding carboxylic acids is 1. The molecule has 14 heteroatoms. The smallest absolute Gasteiger partial charge is 0.414 e. The van der Waals surface area contributed by atoms with Gasteiger partial charge in [-0.3, -0.25) is 9.08 Å². The van der Waals surface area contributed by atoms with E-state index >= 15 is 8.78 Å². The van der Waals surface area contributed by atoms with Gasteiger partial charge in [-0.15, -0.1) is 5.10 Å². The Labute approximate surface area is 216 Å². The first kappa shape index (κ1) is 26.0. The van der Waals surface area contributed by atoms with Crippen molar-refractivity contribution in [2.75, 3.05) is 29.4 Å². The molecule has 0 N–H and O–H groups in total. The summed E-state index contributed by atoms with van der Waals surface area (Å²) in [6, 6.07) is 7.89. The summed E-state index contributed by atoms with van der Waals surface area (Å²) in [5.41, 5.74) is 0.334. The van der Waals surface area contributed by atoms with Gasteiger partial charge in [-0.25, -0.2) is 22.6 Å². The summed E-state index contributed by atoms with van der Waals surface area (Å²) in [6.45, 7) is 1.53. The molecule has 0 saturated carbocycles. The zero-order valence-corrected chi connectivity index (χ0v) is 21.0. The van der Waals surface area contributed by atoms with Crippen LogP contribution in [0.15, 0.2) is 53.7 Å². The molecule has 3 heterocycles. The zero-order valence-electron chi connectivity index (χ0n) is 20.2. The quantitative estimate of drug-likeness (QED) is 0.412. The SMILES string of the molecule is Cc1ccc(S(=O)(=O)OC2CCN(c3c(F)cc(N4CC(Cn5ccnn5)OC4=O)cc3F)C[C@@H]2F)cc1. The van der Waals surface area contributed by atoms with E-state index < -0.39 is 58.5 Å². The minimum absolute atomic E-state index is 0.0433. The van der Waals surface area contributed by atoms with Crippen LogP contribution in [0.5, 0.6) is 0 Å². The average molecular weight is 552 g/mol. The molecule has 2 aliphatic rings. The number of aromatic nitrogens is 3. The molecule has 2 unspecified atom stereocenters. The normalized spacial score (nSPS) is 22.1. The number of benzene rings is 2. The van der Waals surface area contributed by atoms with Gasteiger partial charge in [-0.2, -0.15) is 8.42 Å². The zero-order chi connectivity index (χ0) is 27.0. The van der Waals surface area contributed by atoms with E-state index in [-0.39, 0.29) is 36.6 Å². The first-order chi connectivity index (χ1) is 18.1. The van der Waals surface area contributed by atoms with E-state index in [4.69, 9.17) is 8.92 Å². The van der Waals surface area contributed by atoms with Gasteiger partial charge in [-0.05, 0) is 25.5 Å². The van der Waals surface area contributed by atoms with E-state index in [0.717, 1.165) is 27.5 Å². The first-order valence-electron chi connectivity index (χ1n) is 11.8. The summed E-state index contributed by atoms with van der Waals surface area (Å²) in [5.74, 6) is -1.99. The van der Waals surface area contributed by atoms with Crippen molar-refractivity contribution in [1.29, 1.82) is 0 Å². The summed E-state index contributed by atoms with van der Waals surface area (Å²) in [5, 5.41) is 7.47. The Morgan fingerprint density at radius 2 is 1.84 bits per heavy atom. The van der Waals surface area contributed by atoms with Crippen LogP contribution in [0.2, 0.25) is 0 Å². The van der Waals surface area contributed by atoms with Gasteiger partial charge < -0.3 is 9.64 Å². The summed E-state index contributed by atoms with van der Waals surface area (Å²) in [6.07, 6.45) is -1.55. The van der Waals surface area contributed by atoms with Gasteiger partial charge in [-0.1, -0.05) is 22.9 Å². The second kappa shape index (κ2) is 10.3. The highest BCUT2D eigenvalue weighted by atomic mass is 32.2. The number of amides is 1. The molecule has 0 radical (unpaired) electrons. The largest absolute Gasteiger partial charge is 0.442 e. The Bertz CT molecular complexity index is 1400. The van der Waals surface area contributed by atoms with Crippen LogP contribution < -0.4 is 9.80 Å². The van der Waals surface area contributed by atoms with Crippen molar-refractivity contribution in [2.45, 2.75) is 43.2 Å². The van der Waals surface area contributed by atoms with Gasteiger partial charge in [0.15, 0.2) is 11.6 Å². The van der Waals surface area contributed by atoms with Crippen LogP contribution in [0.1, 0.15) is 12.0 Å². The van der Waals surface area contributed by atoms with E-state index in [9.17, 15) is 17.6 Å². The third kappa shape index (κ3) is 5.31. The van der Waals surface area contributed by atoms with Crippen molar-refractivity contribution in [3.05, 3.63) is 66.0 Å². The number of ether oxygens (including phenoxy) is 1. The molecule has 2 saturated heterocycles. The lowest BCUT2D eigenvalue weighted by Crippen LogP contribution is -2.47. The lowest BCUT2D eigenvalue weighted by Gasteiger charge is -2.36. The van der Waals surface area contributed by atoms with Crippen LogP contribution in [0.25, 0.3) is 0 Å². The first-order valence-corrected chi connectivity index (χ1v) is 13.2. The predicted octanol–water partition coefficient (Wildman–Crippen LogP) is 3.21. The number of cyclic esters (lactones) is 1. The number of piperidine rings is 1. The molecule has 3 aromatic rings. The van der Waals surface area contributed by atoms with Crippen LogP contribution in [-0.2, 0) is 25.6 Å². The number of halogens is 3. The van der Waals surface area contributed by atoms with Crippen LogP contribution in [0.3, 0.4) is 0 Å². The predicted molar refractivity (Wildman–Crippen MR) is 129 cm³/mol. The fourth-order valence-electron chi connectivity index (χ4n) is 4.49. The molecule has 2 fully saturated rings. The number of alkyl halides is 1. The van der Waals surface area contributed by atoms with Crippen LogP contribution >= 0.6 is 0 Å². The Morgan fingerprint density at radius 1 is 1.13 bits per heavy atom. The molecule has 202 valence electrons. The maximum absolute atomic E-state index is 15.1. The molecule has 1 amide bonds. The van der Waals surface area contributed by atoms with E-state index in [2.05, 4.69) is 10.3 Å². The number of carbonyl (C=O) groups is 1. The standard InChI is InChI=1S/C24H24F3N5O5S/c1-15-2-4-18(5-3-15)38(34,35)37-22-6-8-30(14-21(22)27)23-19(25)10-16(11-20(23)26)32-13-17(36-24(32)33)12-31-9-7-28-29-31/h2-5,7,9-11,17,21-22H,6,8,12-14H2,1H3/t17?,21-,22?/m0/s1. The van der Waals surface area contributed by atoms with Crippen molar-refractivity contribution in [3.8, 4) is 0 Å². The summed E-state index contributed by atoms with van der Waals surface area (Å²) >= 11 is 0. The van der Waals surface area contributed by atoms with E-state index in [1.165, 1.54) is 23.0 Å². The summed E-state index contributed by atoms with van der Waals surface area (Å²) < 4.78 is 82.1. The van der Waals surface area contributed by atoms with Gasteiger partial charge in [0.25, 0.3) is 10.1 Å². The van der Waals surface area contributed by atoms with Crippen LogP contribution in [0.4, 0.5) is 29.3 Å². The maximum Gasteiger partial charge on any atom is 0.414 e. The lowest BCUT2D eigenvalue weighted by molar-refractivity contribution is 0.0872. The molecule has 10 nitrogen and oxygen atoms in total. The number of aryl methyl sites for hydroxylation is 1. The van der Waals surface area contributed by atoms with Crippen molar-refractivity contribution >= 4 is 27.6 Å². The fraction of sp³-hybridized carbons (Fsp3) is 0.375. The van der Waals surface area contributed by atoms with Crippen LogP contribution in [0, 0.1) is 18.6 Å². The van der Waals surface area contributed by atoms with Crippen LogP contribution in [-0.4, -0.2) is 67.5 Å². The third-order valence-corrected chi connectivity index (χ3v) is 7.76. The molecular weight excluding hydrogens is 527 g/mol. The number of rotatable bonds is 7. The van der Waals surface area contributed by atoms with Gasteiger partial charge in [0, 0.05) is 24.9 Å². The third-order valence-electron chi connectivity index (χ3n) is 6.41. The number of hydrogen-bond donors (Lipinski definition) is 0. The van der Waals surface area contributed by atoms with Gasteiger partial charge >= 0.3 is 6.09 Å². The molecule has 38 heavy (non-hydrogen) atoms. The Balaban J connectivity index is 1.26. The highest BCUT2D eigenvalue weighted by molar-refractivity contribution is 7.86. The fourth-order valence-corrected chi connectivity index (χ4v) is 5.62. The number of hydrogen-bond acceptors (Lipinski definition) is 8. The Kier molecular flexibility index (Phi) is 7.01. The van der Waals surface area contributed by atoms with E-state index in [0.29, 0.717) is 0 Å². The van der Waals surface area contributed by atoms with Crippen molar-refractivity contribution in [3.63, 3.8) is 0 Å². The Morgan fingerprint density at radius 3 is 2.47 bits per heavy atom. The van der Waals surface area contributed by atoms with Gasteiger partial charge in [0.05, 0.1) is 36.4 Å². The minimum atomic E-state index is -4.21. The van der Waals surface area contributed by atoms with Crippen molar-refractivity contribution < 1.29 is 35.3 Å². The molecule has 2 aromatic carbocycles. The second-order valence-corrected chi connectivity index (χ2v) is 10.7. The minimum Gasteiger partial charge on any atom is -0.442 e. The number of nitrogens with zero attached hydrogens (tertiary/aromatic N) is 5. The Hall–Kier alpha value is -3.65. The molecule has 3 atom stereocenters. The molecule has 0 aliphatic carbocycles. The molecule has 0 bridgehead atoms. The number of anilines is 2. The monoisotopic (exact) mass is 551 g/mol. The van der Waals surface area contributed by atoms with E-state index in [1.807, 2.05) is 0 Å². The molecular formula is C24H24F3N5O5S. The lowest BCUT2D eigenvalue weighted by atomic mass is 10.0. The topological polar surface area (TPSA) is 107 Å². The highest BCUT2D eigenvalue weighted by Crippen LogP contribution is 2.34. The molecule has 0 spiro atoms. The van der Waals surface area contributed by atoms with Gasteiger partial charge in [0.1, 0.15) is 24.1 Å². The summed E-state index contributed by atoms with van der Waals surface area (Å²) in [4.78, 5) is 14.5. The average Bonchev–Trinajstić information content (AvgIpc) is 3.50. The van der Waals surface area contributed by atoms with E-state index in [1.54, 1.807) is 25.3 Å². The molecule has 5 rings (SSSR count). The molecule has 2 aliphatic heterocycles. The highest BCUT2D eigenvalue weighted by Gasteiger charge is 2.37. The maximum atomic E-state index is 15.1. The van der Waals surface area contributed by atoms with Gasteiger partial charge in [0.2, 0.25) is 0 Å².